The number of halogens is 2. The normalized spacial score (nSPS) is 11.0. The lowest BCUT2D eigenvalue weighted by Gasteiger charge is -2.06. The minimum absolute atomic E-state index is 0.506. The predicted octanol–water partition coefficient (Wildman–Crippen LogP) is 6.63. The van der Waals surface area contributed by atoms with E-state index in [0.717, 1.165) is 38.2 Å². The van der Waals surface area contributed by atoms with Gasteiger partial charge < -0.3 is 4.74 Å². The molecule has 3 rings (SSSR count). The van der Waals surface area contributed by atoms with Crippen molar-refractivity contribution in [3.63, 3.8) is 0 Å². The molecule has 0 N–H and O–H groups in total. The molecule has 0 fully saturated rings. The van der Waals surface area contributed by atoms with Crippen LogP contribution in [0.3, 0.4) is 0 Å². The summed E-state index contributed by atoms with van der Waals surface area (Å²) in [5, 5.41) is 1.45. The molecule has 0 heterocycles. The molecule has 0 aliphatic rings. The summed E-state index contributed by atoms with van der Waals surface area (Å²) in [6.45, 7) is 2.48. The van der Waals surface area contributed by atoms with Gasteiger partial charge in [0.1, 0.15) is 12.4 Å². The van der Waals surface area contributed by atoms with Crippen LogP contribution < -0.4 is 4.74 Å². The van der Waals surface area contributed by atoms with Crippen molar-refractivity contribution in [3.8, 4) is 5.75 Å². The van der Waals surface area contributed by atoms with Crippen LogP contribution in [-0.2, 0) is 6.61 Å². The second kappa shape index (κ2) is 8.19. The molecule has 126 valence electrons. The minimum Gasteiger partial charge on any atom is -0.489 e. The van der Waals surface area contributed by atoms with Crippen molar-refractivity contribution in [2.45, 2.75) is 13.5 Å². The third-order valence-corrected chi connectivity index (χ3v) is 4.38. The number of nitrogens with zero attached hydrogens (tertiary/aromatic N) is 1. The maximum atomic E-state index is 6.11. The number of hydrogen-bond donors (Lipinski definition) is 0. The van der Waals surface area contributed by atoms with Crippen molar-refractivity contribution >= 4 is 35.1 Å². The van der Waals surface area contributed by atoms with Crippen LogP contribution in [0.25, 0.3) is 0 Å². The van der Waals surface area contributed by atoms with Crippen LogP contribution in [0, 0.1) is 6.92 Å². The molecule has 0 aromatic heterocycles. The number of aliphatic imine (C=N–C) groups is 1. The lowest BCUT2D eigenvalue weighted by Crippen LogP contribution is -1.95. The van der Waals surface area contributed by atoms with E-state index in [1.54, 1.807) is 0 Å². The molecular weight excluding hydrogens is 353 g/mol. The Morgan fingerprint density at radius 2 is 1.64 bits per heavy atom. The van der Waals surface area contributed by atoms with E-state index in [9.17, 15) is 0 Å². The van der Waals surface area contributed by atoms with Gasteiger partial charge in [0, 0.05) is 16.3 Å². The van der Waals surface area contributed by atoms with Crippen molar-refractivity contribution in [3.05, 3.63) is 93.5 Å². The van der Waals surface area contributed by atoms with E-state index in [4.69, 9.17) is 27.9 Å². The first kappa shape index (κ1) is 17.5. The van der Waals surface area contributed by atoms with E-state index in [0.29, 0.717) is 6.61 Å². The lowest BCUT2D eigenvalue weighted by atomic mass is 10.2. The Morgan fingerprint density at radius 3 is 2.32 bits per heavy atom. The van der Waals surface area contributed by atoms with Crippen LogP contribution in [-0.4, -0.2) is 6.21 Å². The van der Waals surface area contributed by atoms with Crippen molar-refractivity contribution in [1.82, 2.24) is 0 Å². The Hall–Kier alpha value is -2.29. The van der Waals surface area contributed by atoms with Crippen molar-refractivity contribution < 1.29 is 4.74 Å². The molecule has 0 radical (unpaired) electrons. The highest BCUT2D eigenvalue weighted by Gasteiger charge is 1.98. The first-order valence-electron chi connectivity index (χ1n) is 7.88. The highest BCUT2D eigenvalue weighted by molar-refractivity contribution is 6.31. The average molecular weight is 370 g/mol. The number of aryl methyl sites for hydroxylation is 1. The van der Waals surface area contributed by atoms with Crippen molar-refractivity contribution in [2.75, 3.05) is 0 Å². The standard InChI is InChI=1S/C21H17Cl2NO/c1-15-2-9-19(12-21(15)23)24-13-16-5-10-20(11-6-16)25-14-17-3-7-18(22)8-4-17/h2-13H,14H2,1H3. The topological polar surface area (TPSA) is 21.6 Å². The molecule has 0 unspecified atom stereocenters. The Bertz CT molecular complexity index is 871. The SMILES string of the molecule is Cc1ccc(N=Cc2ccc(OCc3ccc(Cl)cc3)cc2)cc1Cl. The van der Waals surface area contributed by atoms with Crippen LogP contribution in [0.4, 0.5) is 5.69 Å². The van der Waals surface area contributed by atoms with Gasteiger partial charge >= 0.3 is 0 Å². The zero-order valence-electron chi connectivity index (χ0n) is 13.7. The minimum atomic E-state index is 0.506. The van der Waals surface area contributed by atoms with Gasteiger partial charge in [-0.3, -0.25) is 4.99 Å². The molecular formula is C21H17Cl2NO. The summed E-state index contributed by atoms with van der Waals surface area (Å²) in [7, 11) is 0. The fourth-order valence-corrected chi connectivity index (χ4v) is 2.51. The van der Waals surface area contributed by atoms with Gasteiger partial charge in [0.05, 0.1) is 5.69 Å². The lowest BCUT2D eigenvalue weighted by molar-refractivity contribution is 0.306. The molecule has 0 saturated heterocycles. The number of rotatable bonds is 5. The van der Waals surface area contributed by atoms with Crippen molar-refractivity contribution in [1.29, 1.82) is 0 Å². The fraction of sp³-hybridized carbons (Fsp3) is 0.0952. The van der Waals surface area contributed by atoms with E-state index in [2.05, 4.69) is 4.99 Å². The first-order valence-corrected chi connectivity index (χ1v) is 8.63. The monoisotopic (exact) mass is 369 g/mol. The highest BCUT2D eigenvalue weighted by Crippen LogP contribution is 2.22. The van der Waals surface area contributed by atoms with Gasteiger partial charge in [-0.15, -0.1) is 0 Å². The van der Waals surface area contributed by atoms with Crippen molar-refractivity contribution in [2.24, 2.45) is 4.99 Å². The summed E-state index contributed by atoms with van der Waals surface area (Å²) in [4.78, 5) is 4.45. The third kappa shape index (κ3) is 5.09. The Morgan fingerprint density at radius 1 is 0.920 bits per heavy atom. The quantitative estimate of drug-likeness (QED) is 0.462. The molecule has 3 aromatic carbocycles. The summed E-state index contributed by atoms with van der Waals surface area (Å²) in [5.74, 6) is 0.811. The zero-order chi connectivity index (χ0) is 17.6. The van der Waals surface area contributed by atoms with Crippen LogP contribution >= 0.6 is 23.2 Å². The largest absolute Gasteiger partial charge is 0.489 e. The molecule has 4 heteroatoms. The summed E-state index contributed by atoms with van der Waals surface area (Å²) in [6, 6.07) is 21.2. The van der Waals surface area contributed by atoms with Gasteiger partial charge in [0.15, 0.2) is 0 Å². The smallest absolute Gasteiger partial charge is 0.119 e. The molecule has 0 spiro atoms. The average Bonchev–Trinajstić information content (AvgIpc) is 2.63. The van der Waals surface area contributed by atoms with Gasteiger partial charge in [-0.2, -0.15) is 0 Å². The van der Waals surface area contributed by atoms with E-state index >= 15 is 0 Å². The van der Waals surface area contributed by atoms with Crippen LogP contribution in [0.1, 0.15) is 16.7 Å². The Balaban J connectivity index is 1.60. The second-order valence-corrected chi connectivity index (χ2v) is 6.52. The highest BCUT2D eigenvalue weighted by atomic mass is 35.5. The molecule has 25 heavy (non-hydrogen) atoms. The second-order valence-electron chi connectivity index (χ2n) is 5.68. The van der Waals surface area contributed by atoms with Crippen LogP contribution in [0.5, 0.6) is 5.75 Å². The molecule has 0 amide bonds. The van der Waals surface area contributed by atoms with E-state index in [1.165, 1.54) is 0 Å². The Kier molecular flexibility index (Phi) is 5.75. The number of hydrogen-bond acceptors (Lipinski definition) is 2. The molecule has 2 nitrogen and oxygen atoms in total. The zero-order valence-corrected chi connectivity index (χ0v) is 15.3. The van der Waals surface area contributed by atoms with Gasteiger partial charge in [0.2, 0.25) is 0 Å². The number of ether oxygens (including phenoxy) is 1. The fourth-order valence-electron chi connectivity index (χ4n) is 2.21. The molecule has 0 atom stereocenters. The maximum Gasteiger partial charge on any atom is 0.119 e. The number of benzene rings is 3. The summed E-state index contributed by atoms with van der Waals surface area (Å²) in [5.41, 5.74) is 3.95. The van der Waals surface area contributed by atoms with Gasteiger partial charge in [-0.05, 0) is 72.1 Å². The Labute approximate surface area is 157 Å². The van der Waals surface area contributed by atoms with E-state index in [-0.39, 0.29) is 0 Å². The van der Waals surface area contributed by atoms with Crippen LogP contribution in [0.2, 0.25) is 10.0 Å². The molecule has 0 aliphatic carbocycles. The summed E-state index contributed by atoms with van der Waals surface area (Å²) in [6.07, 6.45) is 1.81. The molecule has 3 aromatic rings. The summed E-state index contributed by atoms with van der Waals surface area (Å²) < 4.78 is 5.77. The maximum absolute atomic E-state index is 6.11. The molecule has 0 aliphatic heterocycles. The van der Waals surface area contributed by atoms with Gasteiger partial charge in [-0.1, -0.05) is 41.4 Å². The van der Waals surface area contributed by atoms with Crippen LogP contribution in [0.15, 0.2) is 71.7 Å². The van der Waals surface area contributed by atoms with Gasteiger partial charge in [0.25, 0.3) is 0 Å². The van der Waals surface area contributed by atoms with Gasteiger partial charge in [-0.25, -0.2) is 0 Å². The summed E-state index contributed by atoms with van der Waals surface area (Å²) >= 11 is 12.0. The van der Waals surface area contributed by atoms with E-state index < -0.39 is 0 Å². The molecule has 0 bridgehead atoms. The van der Waals surface area contributed by atoms with E-state index in [1.807, 2.05) is 79.9 Å². The molecule has 0 saturated carbocycles. The third-order valence-electron chi connectivity index (χ3n) is 3.72. The first-order chi connectivity index (χ1) is 12.1. The predicted molar refractivity (Wildman–Crippen MR) is 106 cm³/mol.